The van der Waals surface area contributed by atoms with Gasteiger partial charge >= 0.3 is 0 Å². The van der Waals surface area contributed by atoms with Gasteiger partial charge in [0.2, 0.25) is 0 Å². The molecule has 0 aliphatic heterocycles. The molecule has 0 bridgehead atoms. The molecule has 12 heavy (non-hydrogen) atoms. The summed E-state index contributed by atoms with van der Waals surface area (Å²) in [6.07, 6.45) is 1.83. The molecule has 0 radical (unpaired) electrons. The highest BCUT2D eigenvalue weighted by atomic mass is 79.9. The van der Waals surface area contributed by atoms with Crippen molar-refractivity contribution >= 4 is 22.1 Å². The van der Waals surface area contributed by atoms with Gasteiger partial charge in [-0.3, -0.25) is 0 Å². The molecule has 0 saturated carbocycles. The van der Waals surface area contributed by atoms with E-state index in [9.17, 15) is 0 Å². The zero-order valence-electron chi connectivity index (χ0n) is 7.16. The van der Waals surface area contributed by atoms with E-state index in [4.69, 9.17) is 0 Å². The number of hydrogen-bond donors (Lipinski definition) is 0. The molecule has 2 nitrogen and oxygen atoms in total. The molecule has 0 heterocycles. The van der Waals surface area contributed by atoms with Crippen LogP contribution >= 0.6 is 15.9 Å². The summed E-state index contributed by atoms with van der Waals surface area (Å²) >= 11 is 3.37. The maximum atomic E-state index is 4.12. The minimum Gasteiger partial charge on any atom is -0.303 e. The summed E-state index contributed by atoms with van der Waals surface area (Å²) in [5.74, 6) is 0. The Labute approximate surface area is 81.0 Å². The molecule has 0 spiro atoms. The standard InChI is InChI=1S/C9H11BrN2/c1-12(2)11-7-8-3-5-9(10)6-4-8/h3-7H,1-2H3. The van der Waals surface area contributed by atoms with Crippen molar-refractivity contribution < 1.29 is 0 Å². The quantitative estimate of drug-likeness (QED) is 0.559. The van der Waals surface area contributed by atoms with E-state index in [2.05, 4.69) is 21.0 Å². The first-order valence-electron chi connectivity index (χ1n) is 3.65. The Balaban J connectivity index is 2.71. The lowest BCUT2D eigenvalue weighted by Crippen LogP contribution is -2.01. The summed E-state index contributed by atoms with van der Waals surface area (Å²) in [5, 5.41) is 5.88. The molecule has 0 amide bonds. The molecule has 0 aliphatic rings. The minimum atomic E-state index is 1.09. The van der Waals surface area contributed by atoms with Crippen LogP contribution in [0.5, 0.6) is 0 Å². The number of hydrogen-bond acceptors (Lipinski definition) is 2. The van der Waals surface area contributed by atoms with Crippen molar-refractivity contribution in [3.8, 4) is 0 Å². The van der Waals surface area contributed by atoms with Gasteiger partial charge in [0.05, 0.1) is 6.21 Å². The van der Waals surface area contributed by atoms with E-state index in [0.29, 0.717) is 0 Å². The highest BCUT2D eigenvalue weighted by Crippen LogP contribution is 2.08. The van der Waals surface area contributed by atoms with E-state index in [1.807, 2.05) is 44.6 Å². The molecule has 1 rings (SSSR count). The lowest BCUT2D eigenvalue weighted by atomic mass is 10.2. The fraction of sp³-hybridized carbons (Fsp3) is 0.222. The smallest absolute Gasteiger partial charge is 0.0542 e. The summed E-state index contributed by atoms with van der Waals surface area (Å²) in [6.45, 7) is 0. The van der Waals surface area contributed by atoms with Crippen LogP contribution in [0.1, 0.15) is 5.56 Å². The van der Waals surface area contributed by atoms with Crippen molar-refractivity contribution in [2.45, 2.75) is 0 Å². The summed E-state index contributed by atoms with van der Waals surface area (Å²) < 4.78 is 1.09. The topological polar surface area (TPSA) is 15.6 Å². The van der Waals surface area contributed by atoms with Gasteiger partial charge in [-0.25, -0.2) is 0 Å². The second-order valence-corrected chi connectivity index (χ2v) is 3.56. The number of hydrazone groups is 1. The van der Waals surface area contributed by atoms with Crippen LogP contribution in [-0.4, -0.2) is 25.3 Å². The fourth-order valence-corrected chi connectivity index (χ4v) is 0.995. The summed E-state index contributed by atoms with van der Waals surface area (Å²) in [7, 11) is 3.80. The van der Waals surface area contributed by atoms with Crippen molar-refractivity contribution in [2.75, 3.05) is 14.1 Å². The van der Waals surface area contributed by atoms with Crippen LogP contribution in [0.15, 0.2) is 33.8 Å². The van der Waals surface area contributed by atoms with Gasteiger partial charge in [0.1, 0.15) is 0 Å². The van der Waals surface area contributed by atoms with E-state index in [0.717, 1.165) is 10.0 Å². The Morgan fingerprint density at radius 2 is 1.83 bits per heavy atom. The Bertz CT molecular complexity index is 264. The Hall–Kier alpha value is -0.830. The Morgan fingerprint density at radius 1 is 1.25 bits per heavy atom. The average molecular weight is 227 g/mol. The maximum absolute atomic E-state index is 4.12. The van der Waals surface area contributed by atoms with Crippen LogP contribution in [0, 0.1) is 0 Å². The molecule has 0 atom stereocenters. The van der Waals surface area contributed by atoms with E-state index < -0.39 is 0 Å². The van der Waals surface area contributed by atoms with E-state index in [-0.39, 0.29) is 0 Å². The monoisotopic (exact) mass is 226 g/mol. The highest BCUT2D eigenvalue weighted by Gasteiger charge is 1.87. The molecule has 0 aliphatic carbocycles. The molecule has 64 valence electrons. The van der Waals surface area contributed by atoms with Gasteiger partial charge in [-0.2, -0.15) is 5.10 Å². The molecule has 0 fully saturated rings. The number of benzene rings is 1. The van der Waals surface area contributed by atoms with Crippen molar-refractivity contribution in [2.24, 2.45) is 5.10 Å². The van der Waals surface area contributed by atoms with Crippen LogP contribution in [0.25, 0.3) is 0 Å². The van der Waals surface area contributed by atoms with E-state index >= 15 is 0 Å². The van der Waals surface area contributed by atoms with Gasteiger partial charge in [0.15, 0.2) is 0 Å². The maximum Gasteiger partial charge on any atom is 0.0542 e. The third-order valence-electron chi connectivity index (χ3n) is 1.31. The summed E-state index contributed by atoms with van der Waals surface area (Å²) in [4.78, 5) is 0. The van der Waals surface area contributed by atoms with Crippen molar-refractivity contribution in [1.82, 2.24) is 5.01 Å². The second-order valence-electron chi connectivity index (χ2n) is 2.64. The zero-order valence-corrected chi connectivity index (χ0v) is 8.75. The van der Waals surface area contributed by atoms with Gasteiger partial charge < -0.3 is 5.01 Å². The molecule has 1 aromatic carbocycles. The van der Waals surface area contributed by atoms with Crippen molar-refractivity contribution in [3.05, 3.63) is 34.3 Å². The van der Waals surface area contributed by atoms with Crippen LogP contribution in [-0.2, 0) is 0 Å². The third-order valence-corrected chi connectivity index (χ3v) is 1.84. The number of rotatable bonds is 2. The van der Waals surface area contributed by atoms with Crippen LogP contribution in [0.3, 0.4) is 0 Å². The van der Waals surface area contributed by atoms with Gasteiger partial charge in [-0.15, -0.1) is 0 Å². The van der Waals surface area contributed by atoms with Gasteiger partial charge in [0, 0.05) is 18.6 Å². The van der Waals surface area contributed by atoms with Crippen LogP contribution in [0.2, 0.25) is 0 Å². The van der Waals surface area contributed by atoms with E-state index in [1.165, 1.54) is 0 Å². The average Bonchev–Trinajstić information content (AvgIpc) is 2.03. The lowest BCUT2D eigenvalue weighted by molar-refractivity contribution is 0.440. The van der Waals surface area contributed by atoms with Gasteiger partial charge in [-0.05, 0) is 17.7 Å². The molecular weight excluding hydrogens is 216 g/mol. The number of halogens is 1. The first kappa shape index (κ1) is 9.26. The normalized spacial score (nSPS) is 10.6. The zero-order chi connectivity index (χ0) is 8.97. The molecular formula is C9H11BrN2. The molecule has 0 N–H and O–H groups in total. The van der Waals surface area contributed by atoms with Crippen LogP contribution < -0.4 is 0 Å². The molecule has 0 saturated heterocycles. The largest absolute Gasteiger partial charge is 0.303 e. The Kier molecular flexibility index (Phi) is 3.29. The second kappa shape index (κ2) is 4.26. The van der Waals surface area contributed by atoms with Gasteiger partial charge in [-0.1, -0.05) is 28.1 Å². The van der Waals surface area contributed by atoms with E-state index in [1.54, 1.807) is 5.01 Å². The first-order chi connectivity index (χ1) is 5.68. The van der Waals surface area contributed by atoms with Gasteiger partial charge in [0.25, 0.3) is 0 Å². The lowest BCUT2D eigenvalue weighted by Gasteiger charge is -2.01. The SMILES string of the molecule is CN(C)N=Cc1ccc(Br)cc1. The molecule has 1 aromatic rings. The predicted octanol–water partition coefficient (Wildman–Crippen LogP) is 2.34. The summed E-state index contributed by atoms with van der Waals surface area (Å²) in [5.41, 5.74) is 1.10. The third kappa shape index (κ3) is 3.05. The van der Waals surface area contributed by atoms with Crippen molar-refractivity contribution in [3.63, 3.8) is 0 Å². The molecule has 0 aromatic heterocycles. The fourth-order valence-electron chi connectivity index (χ4n) is 0.731. The highest BCUT2D eigenvalue weighted by molar-refractivity contribution is 9.10. The first-order valence-corrected chi connectivity index (χ1v) is 4.44. The van der Waals surface area contributed by atoms with Crippen LogP contribution in [0.4, 0.5) is 0 Å². The molecule has 0 unspecified atom stereocenters. The predicted molar refractivity (Wildman–Crippen MR) is 55.4 cm³/mol. The number of nitrogens with zero attached hydrogens (tertiary/aromatic N) is 2. The Morgan fingerprint density at radius 3 is 2.33 bits per heavy atom. The molecule has 3 heteroatoms. The minimum absolute atomic E-state index is 1.09. The van der Waals surface area contributed by atoms with Crippen molar-refractivity contribution in [1.29, 1.82) is 0 Å². The summed E-state index contributed by atoms with van der Waals surface area (Å²) in [6, 6.07) is 8.02.